The fourth-order valence-corrected chi connectivity index (χ4v) is 7.53. The van der Waals surface area contributed by atoms with Crippen molar-refractivity contribution < 1.29 is 18.0 Å². The van der Waals surface area contributed by atoms with Crippen LogP contribution >= 0.6 is 0 Å². The molecule has 0 radical (unpaired) electrons. The van der Waals surface area contributed by atoms with Gasteiger partial charge in [0.25, 0.3) is 10.0 Å². The molecular weight excluding hydrogens is 558 g/mol. The molecule has 0 aromatic heterocycles. The van der Waals surface area contributed by atoms with Crippen LogP contribution in [0.25, 0.3) is 10.8 Å². The number of nitrogens with one attached hydrogen (secondary N) is 1. The molecule has 1 heterocycles. The minimum absolute atomic E-state index is 0.109. The summed E-state index contributed by atoms with van der Waals surface area (Å²) >= 11 is 0. The van der Waals surface area contributed by atoms with E-state index >= 15 is 0 Å². The third-order valence-electron chi connectivity index (χ3n) is 7.97. The highest BCUT2D eigenvalue weighted by molar-refractivity contribution is 7.93. The minimum Gasteiger partial charge on any atom is -0.354 e. The number of sulfonamides is 1. The van der Waals surface area contributed by atoms with Crippen molar-refractivity contribution in [1.29, 1.82) is 0 Å². The number of unbranched alkanes of at least 4 members (excludes halogenated alkanes) is 1. The summed E-state index contributed by atoms with van der Waals surface area (Å²) in [6.07, 6.45) is 2.62. The number of amides is 2. The number of anilines is 1. The molecule has 0 spiro atoms. The topological polar surface area (TPSA) is 86.8 Å². The Labute approximate surface area is 254 Å². The smallest absolute Gasteiger partial charge is 0.265 e. The van der Waals surface area contributed by atoms with E-state index in [2.05, 4.69) is 12.2 Å². The summed E-state index contributed by atoms with van der Waals surface area (Å²) in [4.78, 5) is 29.6. The minimum atomic E-state index is -3.71. The Morgan fingerprint density at radius 2 is 1.60 bits per heavy atom. The Morgan fingerprint density at radius 3 is 2.35 bits per heavy atom. The Bertz CT molecular complexity index is 1700. The maximum absolute atomic E-state index is 14.0. The van der Waals surface area contributed by atoms with Crippen LogP contribution < -0.4 is 9.62 Å². The summed E-state index contributed by atoms with van der Waals surface area (Å²) in [5.41, 5.74) is 3.63. The Morgan fingerprint density at radius 1 is 0.884 bits per heavy atom. The second kappa shape index (κ2) is 13.4. The number of aryl methyl sites for hydroxylation is 1. The SMILES string of the molecule is CCCCNC(=O)[C@@H](Cc1ccccc1)N(Cc1cccc(C)c1)C(=O)CCCN1c2cccc3cccc(c23)S1(=O)=O. The maximum atomic E-state index is 14.0. The highest BCUT2D eigenvalue weighted by Crippen LogP contribution is 2.42. The Hall–Kier alpha value is -4.17. The quantitative estimate of drug-likeness (QED) is 0.192. The highest BCUT2D eigenvalue weighted by atomic mass is 32.2. The van der Waals surface area contributed by atoms with Gasteiger partial charge in [0.15, 0.2) is 0 Å². The van der Waals surface area contributed by atoms with Crippen molar-refractivity contribution in [3.8, 4) is 0 Å². The first-order valence-electron chi connectivity index (χ1n) is 15.0. The molecule has 0 unspecified atom stereocenters. The van der Waals surface area contributed by atoms with E-state index in [0.29, 0.717) is 30.0 Å². The average molecular weight is 598 g/mol. The third kappa shape index (κ3) is 6.75. The molecule has 0 aliphatic carbocycles. The van der Waals surface area contributed by atoms with Crippen LogP contribution in [0.4, 0.5) is 5.69 Å². The number of carbonyl (C=O) groups excluding carboxylic acids is 2. The largest absolute Gasteiger partial charge is 0.354 e. The van der Waals surface area contributed by atoms with Gasteiger partial charge in [-0.05, 0) is 48.4 Å². The van der Waals surface area contributed by atoms with Crippen molar-refractivity contribution >= 4 is 38.3 Å². The fraction of sp³-hybridized carbons (Fsp3) is 0.314. The van der Waals surface area contributed by atoms with Crippen molar-refractivity contribution in [3.05, 3.63) is 108 Å². The molecule has 43 heavy (non-hydrogen) atoms. The molecule has 1 N–H and O–H groups in total. The van der Waals surface area contributed by atoms with Gasteiger partial charge in [-0.2, -0.15) is 0 Å². The molecule has 4 aromatic rings. The predicted octanol–water partition coefficient (Wildman–Crippen LogP) is 5.99. The van der Waals surface area contributed by atoms with E-state index in [1.807, 2.05) is 85.8 Å². The van der Waals surface area contributed by atoms with Crippen LogP contribution in [0.15, 0.2) is 95.9 Å². The number of hydrogen-bond acceptors (Lipinski definition) is 4. The average Bonchev–Trinajstić information content (AvgIpc) is 3.22. The molecule has 0 bridgehead atoms. The van der Waals surface area contributed by atoms with Gasteiger partial charge in [0.05, 0.1) is 10.6 Å². The van der Waals surface area contributed by atoms with Crippen molar-refractivity contribution in [1.82, 2.24) is 10.2 Å². The van der Waals surface area contributed by atoms with Crippen LogP contribution in [0.1, 0.15) is 49.3 Å². The summed E-state index contributed by atoms with van der Waals surface area (Å²) in [6.45, 7) is 5.08. The van der Waals surface area contributed by atoms with Crippen LogP contribution in [-0.4, -0.2) is 44.3 Å². The van der Waals surface area contributed by atoms with Crippen LogP contribution in [0.3, 0.4) is 0 Å². The number of benzene rings is 4. The van der Waals surface area contributed by atoms with E-state index < -0.39 is 16.1 Å². The summed E-state index contributed by atoms with van der Waals surface area (Å²) in [5, 5.41) is 4.65. The van der Waals surface area contributed by atoms with Gasteiger partial charge in [-0.25, -0.2) is 8.42 Å². The zero-order valence-corrected chi connectivity index (χ0v) is 25.6. The van der Waals surface area contributed by atoms with Gasteiger partial charge in [0.1, 0.15) is 6.04 Å². The maximum Gasteiger partial charge on any atom is 0.265 e. The van der Waals surface area contributed by atoms with Crippen LogP contribution in [0.2, 0.25) is 0 Å². The van der Waals surface area contributed by atoms with E-state index in [4.69, 9.17) is 0 Å². The number of hydrogen-bond donors (Lipinski definition) is 1. The van der Waals surface area contributed by atoms with Crippen molar-refractivity contribution in [2.75, 3.05) is 17.4 Å². The molecule has 4 aromatic carbocycles. The van der Waals surface area contributed by atoms with E-state index in [-0.39, 0.29) is 31.3 Å². The number of rotatable bonds is 13. The summed E-state index contributed by atoms with van der Waals surface area (Å²) < 4.78 is 28.3. The normalized spacial score (nSPS) is 14.0. The van der Waals surface area contributed by atoms with Crippen LogP contribution in [0.5, 0.6) is 0 Å². The lowest BCUT2D eigenvalue weighted by Crippen LogP contribution is -2.50. The molecule has 8 heteroatoms. The van der Waals surface area contributed by atoms with Crippen molar-refractivity contribution in [3.63, 3.8) is 0 Å². The molecule has 0 saturated heterocycles. The Balaban J connectivity index is 1.39. The van der Waals surface area contributed by atoms with E-state index in [9.17, 15) is 18.0 Å². The van der Waals surface area contributed by atoms with Gasteiger partial charge in [-0.15, -0.1) is 0 Å². The first-order valence-corrected chi connectivity index (χ1v) is 16.4. The van der Waals surface area contributed by atoms with Gasteiger partial charge in [0.2, 0.25) is 11.8 Å². The molecular formula is C35H39N3O4S. The number of carbonyl (C=O) groups is 2. The second-order valence-electron chi connectivity index (χ2n) is 11.2. The molecule has 1 aliphatic heterocycles. The van der Waals surface area contributed by atoms with Crippen molar-refractivity contribution in [2.45, 2.75) is 63.4 Å². The molecule has 1 atom stereocenters. The van der Waals surface area contributed by atoms with E-state index in [1.54, 1.807) is 17.0 Å². The highest BCUT2D eigenvalue weighted by Gasteiger charge is 2.36. The zero-order valence-electron chi connectivity index (χ0n) is 24.8. The molecule has 0 fully saturated rings. The predicted molar refractivity (Wildman–Crippen MR) is 171 cm³/mol. The van der Waals surface area contributed by atoms with Crippen LogP contribution in [0, 0.1) is 6.92 Å². The van der Waals surface area contributed by atoms with Gasteiger partial charge >= 0.3 is 0 Å². The summed E-state index contributed by atoms with van der Waals surface area (Å²) in [7, 11) is -3.71. The van der Waals surface area contributed by atoms with Gasteiger partial charge in [-0.3, -0.25) is 13.9 Å². The first kappa shape index (κ1) is 30.3. The molecule has 1 aliphatic rings. The lowest BCUT2D eigenvalue weighted by Gasteiger charge is -2.32. The second-order valence-corrected chi connectivity index (χ2v) is 13.0. The fourth-order valence-electron chi connectivity index (χ4n) is 5.78. The lowest BCUT2D eigenvalue weighted by molar-refractivity contribution is -0.141. The molecule has 5 rings (SSSR count). The standard InChI is InChI=1S/C35H39N3O4S/c1-3-4-21-36-35(40)31(24-27-13-6-5-7-14-27)37(25-28-15-8-12-26(2)23-28)33(39)20-11-22-38-30-18-9-16-29-17-10-19-32(34(29)30)43(38,41)42/h5-10,12-19,23,31H,3-4,11,20-22,24-25H2,1-2H3,(H,36,40)/t31-/m1/s1. The molecule has 0 saturated carbocycles. The molecule has 2 amide bonds. The monoisotopic (exact) mass is 597 g/mol. The molecule has 7 nitrogen and oxygen atoms in total. The van der Waals surface area contributed by atoms with Crippen molar-refractivity contribution in [2.24, 2.45) is 0 Å². The van der Waals surface area contributed by atoms with Crippen LogP contribution in [-0.2, 0) is 32.6 Å². The summed E-state index contributed by atoms with van der Waals surface area (Å²) in [5.74, 6) is -0.358. The van der Waals surface area contributed by atoms with E-state index in [1.165, 1.54) is 4.31 Å². The zero-order chi connectivity index (χ0) is 30.4. The first-order chi connectivity index (χ1) is 20.8. The van der Waals surface area contributed by atoms with E-state index in [0.717, 1.165) is 40.3 Å². The molecule has 224 valence electrons. The Kier molecular flexibility index (Phi) is 9.46. The van der Waals surface area contributed by atoms with Gasteiger partial charge in [0, 0.05) is 37.9 Å². The van der Waals surface area contributed by atoms with Gasteiger partial charge in [-0.1, -0.05) is 97.8 Å². The lowest BCUT2D eigenvalue weighted by atomic mass is 10.0. The number of nitrogens with zero attached hydrogens (tertiary/aromatic N) is 2. The third-order valence-corrected chi connectivity index (χ3v) is 9.82. The summed E-state index contributed by atoms with van der Waals surface area (Å²) in [6, 6.07) is 27.9. The van der Waals surface area contributed by atoms with Gasteiger partial charge < -0.3 is 10.2 Å².